The molecule has 0 aromatic heterocycles. The van der Waals surface area contributed by atoms with Crippen LogP contribution in [-0.2, 0) is 10.2 Å². The smallest absolute Gasteiger partial charge is 0.154 e. The van der Waals surface area contributed by atoms with Gasteiger partial charge in [0.25, 0.3) is 0 Å². The van der Waals surface area contributed by atoms with Crippen LogP contribution in [0.3, 0.4) is 0 Å². The lowest BCUT2D eigenvalue weighted by atomic mass is 9.49. The summed E-state index contributed by atoms with van der Waals surface area (Å²) in [6.45, 7) is 4.34. The van der Waals surface area contributed by atoms with Gasteiger partial charge in [-0.25, -0.2) is 0 Å². The summed E-state index contributed by atoms with van der Waals surface area (Å²) in [5, 5.41) is 0. The second-order valence-corrected chi connectivity index (χ2v) is 7.28. The molecular weight excluding hydrogens is 254 g/mol. The highest BCUT2D eigenvalue weighted by Crippen LogP contribution is 2.58. The number of benzene rings is 1. The normalized spacial score (nSPS) is 31.0. The largest absolute Gasteiger partial charge is 0.300 e. The van der Waals surface area contributed by atoms with E-state index in [2.05, 4.69) is 37.9 Å². The van der Waals surface area contributed by atoms with Crippen molar-refractivity contribution in [3.63, 3.8) is 0 Å². The number of hydrogen-bond donors (Lipinski definition) is 0. The Morgan fingerprint density at radius 1 is 1.00 bits per heavy atom. The molecule has 3 heteroatoms. The molecule has 0 radical (unpaired) electrons. The predicted octanol–water partition coefficient (Wildman–Crippen LogP) is 2.86. The monoisotopic (exact) mass is 280 g/mol. The zero-order valence-corrected chi connectivity index (χ0v) is 13.6. The summed E-state index contributed by atoms with van der Waals surface area (Å²) in [5.74, 6) is 0.555. The predicted molar refractivity (Wildman–Crippen MR) is 93.7 cm³/mol. The maximum atomic E-state index is 12.5. The van der Waals surface area contributed by atoms with Crippen LogP contribution in [0.2, 0.25) is 20.0 Å². The first-order valence-corrected chi connectivity index (χ1v) is 8.77. The van der Waals surface area contributed by atoms with Crippen molar-refractivity contribution >= 4 is 25.8 Å². The average Bonchev–Trinajstić information content (AvgIpc) is 2.57. The summed E-state index contributed by atoms with van der Waals surface area (Å²) in [6.07, 6.45) is 7.82. The van der Waals surface area contributed by atoms with E-state index in [0.717, 1.165) is 40.1 Å². The van der Waals surface area contributed by atoms with Crippen molar-refractivity contribution in [1.29, 1.82) is 0 Å². The second kappa shape index (κ2) is 5.66. The number of carbonyl (C=O) groups excluding carboxylic acids is 1. The first kappa shape index (κ1) is 14.9. The zero-order valence-electron chi connectivity index (χ0n) is 13.6. The number of hydrogen-bond acceptors (Lipinski definition) is 1. The van der Waals surface area contributed by atoms with Gasteiger partial charge in [-0.05, 0) is 55.8 Å². The maximum absolute atomic E-state index is 12.5. The van der Waals surface area contributed by atoms with Crippen LogP contribution >= 0.6 is 0 Å². The van der Waals surface area contributed by atoms with Crippen LogP contribution in [0.1, 0.15) is 44.1 Å². The van der Waals surface area contributed by atoms with Gasteiger partial charge in [-0.2, -0.15) is 0 Å². The van der Waals surface area contributed by atoms with Gasteiger partial charge < -0.3 is 0 Å². The Kier molecular flexibility index (Phi) is 4.03. The average molecular weight is 280 g/mol. The highest BCUT2D eigenvalue weighted by atomic mass is 16.1. The summed E-state index contributed by atoms with van der Waals surface area (Å²) in [4.78, 5) is 12.5. The molecule has 0 atom stereocenters. The first-order chi connectivity index (χ1) is 10.1. The van der Waals surface area contributed by atoms with Crippen LogP contribution in [0.25, 0.3) is 0 Å². The number of carbonyl (C=O) groups is 1. The molecule has 110 valence electrons. The van der Waals surface area contributed by atoms with Crippen molar-refractivity contribution < 1.29 is 4.79 Å². The van der Waals surface area contributed by atoms with Gasteiger partial charge in [0.2, 0.25) is 0 Å². The Morgan fingerprint density at radius 3 is 2.05 bits per heavy atom. The Labute approximate surface area is 130 Å². The van der Waals surface area contributed by atoms with E-state index >= 15 is 0 Å². The number of rotatable bonds is 5. The first-order valence-electron chi connectivity index (χ1n) is 8.77. The summed E-state index contributed by atoms with van der Waals surface area (Å²) >= 11 is 0. The van der Waals surface area contributed by atoms with Crippen molar-refractivity contribution in [3.8, 4) is 0 Å². The van der Waals surface area contributed by atoms with Gasteiger partial charge in [0.1, 0.15) is 13.1 Å². The molecule has 0 aliphatic heterocycles. The third-order valence-electron chi connectivity index (χ3n) is 6.29. The van der Waals surface area contributed by atoms with Gasteiger partial charge in [0, 0.05) is 5.41 Å². The fraction of sp³-hybridized carbons (Fsp3) is 0.611. The third kappa shape index (κ3) is 2.49. The molecule has 3 aliphatic carbocycles. The molecule has 21 heavy (non-hydrogen) atoms. The van der Waals surface area contributed by atoms with E-state index in [0.29, 0.717) is 11.2 Å². The van der Waals surface area contributed by atoms with Crippen molar-refractivity contribution in [2.45, 2.75) is 63.9 Å². The Morgan fingerprint density at radius 2 is 1.57 bits per heavy atom. The summed E-state index contributed by atoms with van der Waals surface area (Å²) < 4.78 is 0. The second-order valence-electron chi connectivity index (χ2n) is 7.28. The molecule has 0 N–H and O–H groups in total. The summed E-state index contributed by atoms with van der Waals surface area (Å²) in [5.41, 5.74) is 3.38. The molecule has 0 saturated heterocycles. The molecular formula is C18H26B2O. The quantitative estimate of drug-likeness (QED) is 0.758. The minimum atomic E-state index is 0.0567. The highest BCUT2D eigenvalue weighted by Gasteiger charge is 2.51. The Bertz CT molecular complexity index is 496. The fourth-order valence-electron chi connectivity index (χ4n) is 4.62. The molecule has 2 bridgehead atoms. The van der Waals surface area contributed by atoms with Gasteiger partial charge in [-0.15, -0.1) is 0 Å². The topological polar surface area (TPSA) is 17.1 Å². The fourth-order valence-corrected chi connectivity index (χ4v) is 4.62. The van der Waals surface area contributed by atoms with Crippen molar-refractivity contribution in [2.75, 3.05) is 0 Å². The molecule has 0 unspecified atom stereocenters. The molecule has 0 heterocycles. The summed E-state index contributed by atoms with van der Waals surface area (Å²) in [7, 11) is 2.12. The lowest BCUT2D eigenvalue weighted by Gasteiger charge is -2.53. The standard InChI is InChI=1S/C18H26B2O/c1-19-13-16(21)18-10-7-17(8-11-18,9-12-18)14-3-5-15(20-2)6-4-14/h3-6,19-20H,7-13H2,1-2H3. The Balaban J connectivity index is 1.77. The molecule has 4 rings (SSSR count). The molecule has 0 amide bonds. The summed E-state index contributed by atoms with van der Waals surface area (Å²) in [6, 6.07) is 9.29. The molecule has 0 spiro atoms. The van der Waals surface area contributed by atoms with Gasteiger partial charge >= 0.3 is 0 Å². The number of fused-ring (bicyclic) bond motifs is 3. The zero-order chi connectivity index (χ0) is 14.9. The van der Waals surface area contributed by atoms with E-state index in [1.165, 1.54) is 30.3 Å². The molecule has 1 aromatic rings. The van der Waals surface area contributed by atoms with Crippen molar-refractivity contribution in [3.05, 3.63) is 29.8 Å². The van der Waals surface area contributed by atoms with E-state index in [9.17, 15) is 4.79 Å². The third-order valence-corrected chi connectivity index (χ3v) is 6.29. The molecule has 3 fully saturated rings. The minimum Gasteiger partial charge on any atom is -0.300 e. The van der Waals surface area contributed by atoms with E-state index in [1.807, 2.05) is 0 Å². The minimum absolute atomic E-state index is 0.0567. The molecule has 1 nitrogen and oxygen atoms in total. The lowest BCUT2D eigenvalue weighted by molar-refractivity contribution is -0.133. The number of ketones is 1. The van der Waals surface area contributed by atoms with Crippen LogP contribution in [0.15, 0.2) is 24.3 Å². The highest BCUT2D eigenvalue weighted by molar-refractivity contribution is 6.51. The Hall–Kier alpha value is -0.980. The van der Waals surface area contributed by atoms with Crippen molar-refractivity contribution in [2.24, 2.45) is 5.41 Å². The molecule has 3 aliphatic rings. The van der Waals surface area contributed by atoms with Crippen LogP contribution in [0.4, 0.5) is 0 Å². The van der Waals surface area contributed by atoms with Crippen LogP contribution in [0, 0.1) is 5.41 Å². The van der Waals surface area contributed by atoms with Gasteiger partial charge in [0.05, 0.1) is 0 Å². The van der Waals surface area contributed by atoms with Gasteiger partial charge in [-0.3, -0.25) is 4.79 Å². The number of Topliss-reactive ketones (excluding diaryl/α,β-unsaturated/α-hetero) is 1. The van der Waals surface area contributed by atoms with E-state index in [4.69, 9.17) is 0 Å². The lowest BCUT2D eigenvalue weighted by Crippen LogP contribution is -2.48. The maximum Gasteiger partial charge on any atom is 0.154 e. The van der Waals surface area contributed by atoms with E-state index < -0.39 is 0 Å². The van der Waals surface area contributed by atoms with Gasteiger partial charge in [-0.1, -0.05) is 43.4 Å². The van der Waals surface area contributed by atoms with E-state index in [1.54, 1.807) is 0 Å². The van der Waals surface area contributed by atoms with Crippen LogP contribution < -0.4 is 5.46 Å². The molecule has 3 saturated carbocycles. The SMILES string of the molecule is CBCC(=O)C12CCC(c3ccc(BC)cc3)(CC1)CC2. The van der Waals surface area contributed by atoms with Crippen LogP contribution in [0.5, 0.6) is 0 Å². The molecule has 1 aromatic carbocycles. The van der Waals surface area contributed by atoms with Crippen LogP contribution in [-0.4, -0.2) is 20.3 Å². The van der Waals surface area contributed by atoms with Crippen molar-refractivity contribution in [1.82, 2.24) is 0 Å². The van der Waals surface area contributed by atoms with E-state index in [-0.39, 0.29) is 5.41 Å². The van der Waals surface area contributed by atoms with Gasteiger partial charge in [0.15, 0.2) is 7.28 Å².